The summed E-state index contributed by atoms with van der Waals surface area (Å²) in [5, 5.41) is 3.69. The highest BCUT2D eigenvalue weighted by Crippen LogP contribution is 2.61. The van der Waals surface area contributed by atoms with E-state index < -0.39 is 10.2 Å². The largest absolute Gasteiger partial charge is 0.370 e. The predicted octanol–water partition coefficient (Wildman–Crippen LogP) is 3.05. The van der Waals surface area contributed by atoms with E-state index in [-0.39, 0.29) is 29.8 Å². The Bertz CT molecular complexity index is 1100. The lowest BCUT2D eigenvalue weighted by Crippen LogP contribution is -2.61. The Hall–Kier alpha value is -1.36. The van der Waals surface area contributed by atoms with Crippen molar-refractivity contribution in [3.63, 3.8) is 0 Å². The van der Waals surface area contributed by atoms with E-state index in [0.29, 0.717) is 58.9 Å². The quantitative estimate of drug-likeness (QED) is 0.545. The fourth-order valence-corrected chi connectivity index (χ4v) is 9.96. The second-order valence-corrected chi connectivity index (χ2v) is 13.7. The third-order valence-electron chi connectivity index (χ3n) is 8.15. The number of nitrogens with two attached hydrogens (primary N) is 1. The summed E-state index contributed by atoms with van der Waals surface area (Å²) in [5.74, 6) is 0.749. The molecule has 4 saturated carbocycles. The van der Waals surface area contributed by atoms with Crippen LogP contribution in [-0.4, -0.2) is 50.2 Å². The zero-order chi connectivity index (χ0) is 24.3. The number of anilines is 1. The summed E-state index contributed by atoms with van der Waals surface area (Å²) in [7, 11) is -3.85. The van der Waals surface area contributed by atoms with Gasteiger partial charge in [0.1, 0.15) is 0 Å². The molecule has 5 fully saturated rings. The third kappa shape index (κ3) is 4.47. The van der Waals surface area contributed by atoms with Gasteiger partial charge < -0.3 is 11.1 Å². The Labute approximate surface area is 213 Å². The highest BCUT2D eigenvalue weighted by Gasteiger charge is 2.56. The van der Waals surface area contributed by atoms with Gasteiger partial charge >= 0.3 is 10.2 Å². The van der Waals surface area contributed by atoms with E-state index in [4.69, 9.17) is 17.3 Å². The molecule has 2 unspecified atom stereocenters. The van der Waals surface area contributed by atoms with Gasteiger partial charge in [-0.1, -0.05) is 11.6 Å². The maximum Gasteiger partial charge on any atom is 0.304 e. The van der Waals surface area contributed by atoms with Crippen molar-refractivity contribution in [3.05, 3.63) is 27.7 Å². The molecule has 2 atom stereocenters. The number of amides is 2. The van der Waals surface area contributed by atoms with Gasteiger partial charge in [0.2, 0.25) is 11.8 Å². The zero-order valence-corrected chi connectivity index (χ0v) is 22.0. The van der Waals surface area contributed by atoms with Crippen molar-refractivity contribution in [2.45, 2.75) is 51.0 Å². The molecule has 5 aliphatic rings. The third-order valence-corrected chi connectivity index (χ3v) is 10.9. The molecule has 11 heteroatoms. The monoisotopic (exact) mass is 572 g/mol. The second-order valence-electron chi connectivity index (χ2n) is 10.6. The van der Waals surface area contributed by atoms with Gasteiger partial charge in [0.15, 0.2) is 0 Å². The Morgan fingerprint density at radius 2 is 1.88 bits per heavy atom. The smallest absolute Gasteiger partial charge is 0.304 e. The molecule has 0 aromatic heterocycles. The van der Waals surface area contributed by atoms with Crippen LogP contribution in [0, 0.1) is 23.2 Å². The lowest BCUT2D eigenvalue weighted by molar-refractivity contribution is -0.134. The molecule has 0 spiro atoms. The van der Waals surface area contributed by atoms with Crippen LogP contribution in [-0.2, 0) is 19.8 Å². The molecule has 1 aromatic carbocycles. The zero-order valence-electron chi connectivity index (χ0n) is 18.9. The molecule has 34 heavy (non-hydrogen) atoms. The maximum atomic E-state index is 13.3. The normalized spacial score (nSPS) is 34.2. The van der Waals surface area contributed by atoms with Crippen LogP contribution in [0.4, 0.5) is 5.69 Å². The molecular weight excluding hydrogens is 544 g/mol. The van der Waals surface area contributed by atoms with Crippen molar-refractivity contribution in [1.82, 2.24) is 9.62 Å². The summed E-state index contributed by atoms with van der Waals surface area (Å²) < 4.78 is 29.9. The minimum absolute atomic E-state index is 0.00770. The van der Waals surface area contributed by atoms with Crippen molar-refractivity contribution < 1.29 is 18.0 Å². The molecule has 186 valence electrons. The van der Waals surface area contributed by atoms with E-state index in [1.165, 1.54) is 8.61 Å². The Morgan fingerprint density at radius 1 is 1.18 bits per heavy atom. The van der Waals surface area contributed by atoms with E-state index >= 15 is 0 Å². The summed E-state index contributed by atoms with van der Waals surface area (Å²) in [4.78, 5) is 24.7. The van der Waals surface area contributed by atoms with Crippen LogP contribution < -0.4 is 15.4 Å². The number of primary amides is 1. The summed E-state index contributed by atoms with van der Waals surface area (Å²) in [6.07, 6.45) is 6.05. The van der Waals surface area contributed by atoms with Crippen LogP contribution >= 0.6 is 27.5 Å². The molecule has 3 N–H and O–H groups in total. The number of halogens is 2. The van der Waals surface area contributed by atoms with E-state index in [1.54, 1.807) is 18.2 Å². The number of hydrogen-bond donors (Lipinski definition) is 2. The number of nitrogens with one attached hydrogen (secondary N) is 1. The molecule has 1 aromatic rings. The fraction of sp³-hybridized carbons (Fsp3) is 0.652. The fourth-order valence-electron chi connectivity index (χ4n) is 7.26. The van der Waals surface area contributed by atoms with Gasteiger partial charge in [0, 0.05) is 35.0 Å². The van der Waals surface area contributed by atoms with Crippen molar-refractivity contribution in [1.29, 1.82) is 0 Å². The molecule has 4 aliphatic carbocycles. The average Bonchev–Trinajstić information content (AvgIpc) is 2.71. The molecule has 1 saturated heterocycles. The summed E-state index contributed by atoms with van der Waals surface area (Å²) in [5.41, 5.74) is 6.05. The first kappa shape index (κ1) is 24.3. The minimum Gasteiger partial charge on any atom is -0.370 e. The van der Waals surface area contributed by atoms with E-state index in [0.717, 1.165) is 32.1 Å². The number of carbonyl (C=O) groups is 2. The van der Waals surface area contributed by atoms with Gasteiger partial charge in [-0.15, -0.1) is 0 Å². The summed E-state index contributed by atoms with van der Waals surface area (Å²) >= 11 is 9.43. The Kier molecular flexibility index (Phi) is 6.40. The first-order valence-electron chi connectivity index (χ1n) is 11.9. The van der Waals surface area contributed by atoms with Gasteiger partial charge in [-0.25, -0.2) is 0 Å². The van der Waals surface area contributed by atoms with Gasteiger partial charge in [-0.2, -0.15) is 12.7 Å². The molecule has 8 nitrogen and oxygen atoms in total. The van der Waals surface area contributed by atoms with Crippen molar-refractivity contribution in [2.24, 2.45) is 28.9 Å². The standard InChI is InChI=1S/C23H30BrClN4O4S/c24-18-8-17(25)2-3-19(18)29-5-1-4-28(34(29,32)33)13-21(31)27-22-15-6-14-7-16(22)11-23(9-14,10-15)12-20(26)30/h2-3,8,14-16,22H,1,4-7,9-13H2,(H2,26,30)(H,27,31). The van der Waals surface area contributed by atoms with E-state index in [1.807, 2.05) is 0 Å². The first-order valence-corrected chi connectivity index (χ1v) is 14.4. The van der Waals surface area contributed by atoms with E-state index in [2.05, 4.69) is 21.2 Å². The highest BCUT2D eigenvalue weighted by molar-refractivity contribution is 9.10. The Morgan fingerprint density at radius 3 is 2.53 bits per heavy atom. The molecule has 4 bridgehead atoms. The number of benzene rings is 1. The Balaban J connectivity index is 1.26. The second kappa shape index (κ2) is 8.94. The van der Waals surface area contributed by atoms with Gasteiger partial charge in [0.05, 0.1) is 12.2 Å². The number of nitrogens with zero attached hydrogens (tertiary/aromatic N) is 2. The molecule has 1 aliphatic heterocycles. The topological polar surface area (TPSA) is 113 Å². The van der Waals surface area contributed by atoms with Gasteiger partial charge in [-0.3, -0.25) is 13.9 Å². The molecule has 2 amide bonds. The lowest BCUT2D eigenvalue weighted by atomic mass is 9.47. The van der Waals surface area contributed by atoms with E-state index in [9.17, 15) is 18.0 Å². The highest BCUT2D eigenvalue weighted by atomic mass is 79.9. The molecule has 6 rings (SSSR count). The summed E-state index contributed by atoms with van der Waals surface area (Å²) in [6, 6.07) is 5.03. The van der Waals surface area contributed by atoms with Crippen LogP contribution in [0.25, 0.3) is 0 Å². The van der Waals surface area contributed by atoms with Crippen molar-refractivity contribution >= 4 is 55.2 Å². The van der Waals surface area contributed by atoms with Crippen LogP contribution in [0.3, 0.4) is 0 Å². The van der Waals surface area contributed by atoms with Crippen LogP contribution in [0.5, 0.6) is 0 Å². The number of carbonyl (C=O) groups excluding carboxylic acids is 2. The maximum absolute atomic E-state index is 13.3. The van der Waals surface area contributed by atoms with Gasteiger partial charge in [-0.05, 0) is 95.8 Å². The average molecular weight is 574 g/mol. The first-order chi connectivity index (χ1) is 16.1. The SMILES string of the molecule is NC(=O)CC12CC3CC(C1)C(NC(=O)CN1CCCN(c4ccc(Cl)cc4Br)S1(=O)=O)C(C3)C2. The molecule has 1 heterocycles. The summed E-state index contributed by atoms with van der Waals surface area (Å²) in [6.45, 7) is 0.450. The molecule has 0 radical (unpaired) electrons. The van der Waals surface area contributed by atoms with Gasteiger partial charge in [0.25, 0.3) is 0 Å². The van der Waals surface area contributed by atoms with Crippen molar-refractivity contribution in [2.75, 3.05) is 23.9 Å². The predicted molar refractivity (Wildman–Crippen MR) is 133 cm³/mol. The lowest BCUT2D eigenvalue weighted by Gasteiger charge is -2.60. The van der Waals surface area contributed by atoms with Crippen molar-refractivity contribution in [3.8, 4) is 0 Å². The minimum atomic E-state index is -3.85. The van der Waals surface area contributed by atoms with Crippen LogP contribution in [0.15, 0.2) is 22.7 Å². The van der Waals surface area contributed by atoms with Crippen LogP contribution in [0.2, 0.25) is 5.02 Å². The number of rotatable bonds is 6. The molecular formula is C23H30BrClN4O4S. The van der Waals surface area contributed by atoms with Crippen LogP contribution in [0.1, 0.15) is 44.9 Å². The number of hydrogen-bond acceptors (Lipinski definition) is 4.